The minimum atomic E-state index is 0.760. The van der Waals surface area contributed by atoms with Gasteiger partial charge in [-0.3, -0.25) is 0 Å². The van der Waals surface area contributed by atoms with Gasteiger partial charge in [-0.2, -0.15) is 0 Å². The summed E-state index contributed by atoms with van der Waals surface area (Å²) < 4.78 is 5.03. The predicted molar refractivity (Wildman–Crippen MR) is 85.5 cm³/mol. The molecule has 1 aliphatic heterocycles. The molecule has 0 bridgehead atoms. The first kappa shape index (κ1) is 15.7. The Morgan fingerprint density at radius 2 is 2.35 bits per heavy atom. The van der Waals surface area contributed by atoms with Crippen molar-refractivity contribution >= 4 is 16.5 Å². The highest BCUT2D eigenvalue weighted by atomic mass is 32.1. The second kappa shape index (κ2) is 8.60. The maximum atomic E-state index is 5.03. The maximum absolute atomic E-state index is 5.03. The van der Waals surface area contributed by atoms with Crippen molar-refractivity contribution in [1.82, 2.24) is 10.3 Å². The number of nitrogens with zero attached hydrogens (tertiary/aromatic N) is 2. The third-order valence-corrected chi connectivity index (χ3v) is 5.08. The van der Waals surface area contributed by atoms with Crippen LogP contribution >= 0.6 is 11.3 Å². The van der Waals surface area contributed by atoms with E-state index in [0.29, 0.717) is 0 Å². The highest BCUT2D eigenvalue weighted by Gasteiger charge is 2.18. The van der Waals surface area contributed by atoms with E-state index in [4.69, 9.17) is 4.74 Å². The van der Waals surface area contributed by atoms with Gasteiger partial charge in [-0.1, -0.05) is 13.3 Å². The molecule has 0 spiro atoms. The third kappa shape index (κ3) is 4.72. The van der Waals surface area contributed by atoms with Crippen molar-refractivity contribution < 1.29 is 4.74 Å². The van der Waals surface area contributed by atoms with Gasteiger partial charge < -0.3 is 15.0 Å². The van der Waals surface area contributed by atoms with E-state index in [0.717, 1.165) is 25.6 Å². The fourth-order valence-corrected chi connectivity index (χ4v) is 3.61. The summed E-state index contributed by atoms with van der Waals surface area (Å²) in [5.74, 6) is 0.912. The first-order valence-electron chi connectivity index (χ1n) is 7.72. The van der Waals surface area contributed by atoms with Crippen LogP contribution in [0.15, 0.2) is 6.20 Å². The van der Waals surface area contributed by atoms with Crippen molar-refractivity contribution in [2.24, 2.45) is 5.92 Å². The Bertz CT molecular complexity index is 383. The molecule has 20 heavy (non-hydrogen) atoms. The molecule has 1 fully saturated rings. The Morgan fingerprint density at radius 3 is 3.15 bits per heavy atom. The van der Waals surface area contributed by atoms with Gasteiger partial charge in [0.05, 0.1) is 6.61 Å². The summed E-state index contributed by atoms with van der Waals surface area (Å²) in [7, 11) is 1.73. The Kier molecular flexibility index (Phi) is 6.76. The molecule has 1 aliphatic rings. The number of ether oxygens (including phenoxy) is 1. The molecule has 114 valence electrons. The first-order valence-corrected chi connectivity index (χ1v) is 8.54. The Balaban J connectivity index is 1.81. The second-order valence-electron chi connectivity index (χ2n) is 5.47. The lowest BCUT2D eigenvalue weighted by Gasteiger charge is -2.19. The average molecular weight is 297 g/mol. The zero-order valence-electron chi connectivity index (χ0n) is 12.7. The van der Waals surface area contributed by atoms with Gasteiger partial charge >= 0.3 is 0 Å². The van der Waals surface area contributed by atoms with Gasteiger partial charge in [0.1, 0.15) is 0 Å². The predicted octanol–water partition coefficient (Wildman–Crippen LogP) is 2.90. The third-order valence-electron chi connectivity index (χ3n) is 4.02. The summed E-state index contributed by atoms with van der Waals surface area (Å²) in [5.41, 5.74) is 0. The molecule has 1 aromatic heterocycles. The summed E-state index contributed by atoms with van der Waals surface area (Å²) in [4.78, 5) is 8.39. The molecule has 4 nitrogen and oxygen atoms in total. The van der Waals surface area contributed by atoms with Crippen LogP contribution < -0.4 is 10.2 Å². The highest BCUT2D eigenvalue weighted by molar-refractivity contribution is 7.15. The minimum Gasteiger partial charge on any atom is -0.383 e. The SMILES string of the molecule is CCC1CCCN(c2ncc(CNCCOC)s2)CC1. The van der Waals surface area contributed by atoms with E-state index in [-0.39, 0.29) is 0 Å². The largest absolute Gasteiger partial charge is 0.383 e. The zero-order chi connectivity index (χ0) is 14.2. The van der Waals surface area contributed by atoms with Crippen molar-refractivity contribution in [3.05, 3.63) is 11.1 Å². The average Bonchev–Trinajstić information content (AvgIpc) is 2.80. The molecular formula is C15H27N3OS. The highest BCUT2D eigenvalue weighted by Crippen LogP contribution is 2.27. The van der Waals surface area contributed by atoms with Crippen LogP contribution in [0.5, 0.6) is 0 Å². The van der Waals surface area contributed by atoms with Crippen LogP contribution in [-0.2, 0) is 11.3 Å². The van der Waals surface area contributed by atoms with Crippen molar-refractivity contribution in [3.8, 4) is 0 Å². The number of rotatable bonds is 7. The molecular weight excluding hydrogens is 270 g/mol. The van der Waals surface area contributed by atoms with E-state index in [1.54, 1.807) is 7.11 Å². The van der Waals surface area contributed by atoms with Crippen LogP contribution in [0.1, 0.15) is 37.5 Å². The monoisotopic (exact) mass is 297 g/mol. The number of nitrogens with one attached hydrogen (secondary N) is 1. The maximum Gasteiger partial charge on any atom is 0.185 e. The van der Waals surface area contributed by atoms with E-state index in [1.807, 2.05) is 17.5 Å². The van der Waals surface area contributed by atoms with Crippen molar-refractivity contribution in [2.75, 3.05) is 38.3 Å². The summed E-state index contributed by atoms with van der Waals surface area (Å²) in [6, 6.07) is 0. The first-order chi connectivity index (χ1) is 9.83. The standard InChI is InChI=1S/C15H27N3OS/c1-3-13-5-4-8-18(9-6-13)15-17-12-14(20-15)11-16-7-10-19-2/h12-13,16H,3-11H2,1-2H3. The van der Waals surface area contributed by atoms with Crippen molar-refractivity contribution in [2.45, 2.75) is 39.2 Å². The molecule has 5 heteroatoms. The number of anilines is 1. The molecule has 2 rings (SSSR count). The zero-order valence-corrected chi connectivity index (χ0v) is 13.5. The van der Waals surface area contributed by atoms with Crippen LogP contribution in [0.25, 0.3) is 0 Å². The molecule has 2 heterocycles. The van der Waals surface area contributed by atoms with Gasteiger partial charge in [-0.15, -0.1) is 11.3 Å². The van der Waals surface area contributed by atoms with E-state index in [9.17, 15) is 0 Å². The van der Waals surface area contributed by atoms with Crippen molar-refractivity contribution in [3.63, 3.8) is 0 Å². The number of aromatic nitrogens is 1. The Labute approximate surface area is 126 Å². The van der Waals surface area contributed by atoms with Crippen LogP contribution in [0.4, 0.5) is 5.13 Å². The molecule has 0 saturated carbocycles. The van der Waals surface area contributed by atoms with Gasteiger partial charge in [0, 0.05) is 44.4 Å². The molecule has 1 N–H and O–H groups in total. The topological polar surface area (TPSA) is 37.4 Å². The molecule has 1 saturated heterocycles. The van der Waals surface area contributed by atoms with Crippen molar-refractivity contribution in [1.29, 1.82) is 0 Å². The second-order valence-corrected chi connectivity index (χ2v) is 6.56. The summed E-state index contributed by atoms with van der Waals surface area (Å²) in [6.07, 6.45) is 7.34. The van der Waals surface area contributed by atoms with E-state index >= 15 is 0 Å². The molecule has 1 unspecified atom stereocenters. The molecule has 0 amide bonds. The Morgan fingerprint density at radius 1 is 1.45 bits per heavy atom. The summed E-state index contributed by atoms with van der Waals surface area (Å²) >= 11 is 1.83. The van der Waals surface area contributed by atoms with Crippen LogP contribution in [-0.4, -0.2) is 38.3 Å². The normalized spacial score (nSPS) is 20.1. The quantitative estimate of drug-likeness (QED) is 0.785. The molecule has 0 aromatic carbocycles. The van der Waals surface area contributed by atoms with E-state index < -0.39 is 0 Å². The lowest BCUT2D eigenvalue weighted by Crippen LogP contribution is -2.23. The van der Waals surface area contributed by atoms with Crippen LogP contribution in [0, 0.1) is 5.92 Å². The smallest absolute Gasteiger partial charge is 0.185 e. The van der Waals surface area contributed by atoms with Crippen LogP contribution in [0.3, 0.4) is 0 Å². The van der Waals surface area contributed by atoms with Gasteiger partial charge in [0.15, 0.2) is 5.13 Å². The van der Waals surface area contributed by atoms with Gasteiger partial charge in [-0.25, -0.2) is 4.98 Å². The lowest BCUT2D eigenvalue weighted by molar-refractivity contribution is 0.199. The molecule has 1 aromatic rings. The number of hydrogen-bond donors (Lipinski definition) is 1. The van der Waals surface area contributed by atoms with E-state index in [1.165, 1.54) is 48.8 Å². The molecule has 0 aliphatic carbocycles. The van der Waals surface area contributed by atoms with E-state index in [2.05, 4.69) is 22.1 Å². The fourth-order valence-electron chi connectivity index (χ4n) is 2.68. The summed E-state index contributed by atoms with van der Waals surface area (Å²) in [5, 5.41) is 4.57. The number of thiazole rings is 1. The number of hydrogen-bond acceptors (Lipinski definition) is 5. The van der Waals surface area contributed by atoms with Gasteiger partial charge in [-0.05, 0) is 25.2 Å². The number of methoxy groups -OCH3 is 1. The lowest BCUT2D eigenvalue weighted by atomic mass is 9.98. The van der Waals surface area contributed by atoms with Crippen LogP contribution in [0.2, 0.25) is 0 Å². The van der Waals surface area contributed by atoms with Gasteiger partial charge in [0.25, 0.3) is 0 Å². The Hall–Kier alpha value is -0.650. The van der Waals surface area contributed by atoms with Gasteiger partial charge in [0.2, 0.25) is 0 Å². The minimum absolute atomic E-state index is 0.760. The fraction of sp³-hybridized carbons (Fsp3) is 0.800. The molecule has 1 atom stereocenters. The molecule has 0 radical (unpaired) electrons. The summed E-state index contributed by atoms with van der Waals surface area (Å²) in [6.45, 7) is 7.20.